The summed E-state index contributed by atoms with van der Waals surface area (Å²) in [6.07, 6.45) is -0.243. The summed E-state index contributed by atoms with van der Waals surface area (Å²) in [5, 5.41) is 8.54. The molecule has 0 fully saturated rings. The third kappa shape index (κ3) is 3.48. The molecule has 0 aliphatic carbocycles. The van der Waals surface area contributed by atoms with Crippen LogP contribution >= 0.6 is 26.6 Å². The first-order chi connectivity index (χ1) is 6.80. The standard InChI is InChI=1S/C8H6BrClO4S/c9-6-2-1-5(4-8(11)12)3-7(6)15(10,13)14/h1-3H,4H2,(H,11,12). The summed E-state index contributed by atoms with van der Waals surface area (Å²) in [6.45, 7) is 0. The molecule has 0 unspecified atom stereocenters. The fourth-order valence-electron chi connectivity index (χ4n) is 1.02. The van der Waals surface area contributed by atoms with Gasteiger partial charge in [-0.1, -0.05) is 6.07 Å². The van der Waals surface area contributed by atoms with E-state index in [1.54, 1.807) is 0 Å². The van der Waals surface area contributed by atoms with Gasteiger partial charge in [-0.2, -0.15) is 0 Å². The summed E-state index contributed by atoms with van der Waals surface area (Å²) in [7, 11) is 1.31. The van der Waals surface area contributed by atoms with Gasteiger partial charge in [0.05, 0.1) is 11.3 Å². The van der Waals surface area contributed by atoms with Crippen molar-refractivity contribution in [1.82, 2.24) is 0 Å². The molecule has 7 heteroatoms. The Morgan fingerprint density at radius 2 is 2.07 bits per heavy atom. The van der Waals surface area contributed by atoms with Crippen LogP contribution in [0.5, 0.6) is 0 Å². The second-order valence-corrected chi connectivity index (χ2v) is 6.16. The van der Waals surface area contributed by atoms with Crippen molar-refractivity contribution in [2.45, 2.75) is 11.3 Å². The average molecular weight is 314 g/mol. The molecule has 1 aromatic carbocycles. The molecule has 0 bridgehead atoms. The number of carboxylic acid groups (broad SMARTS) is 1. The zero-order valence-electron chi connectivity index (χ0n) is 7.28. The smallest absolute Gasteiger partial charge is 0.307 e. The predicted molar refractivity (Wildman–Crippen MR) is 58.5 cm³/mol. The van der Waals surface area contributed by atoms with Crippen LogP contribution in [0.4, 0.5) is 0 Å². The molecule has 0 radical (unpaired) electrons. The summed E-state index contributed by atoms with van der Waals surface area (Å²) >= 11 is 3.02. The van der Waals surface area contributed by atoms with Gasteiger partial charge in [-0.15, -0.1) is 0 Å². The minimum absolute atomic E-state index is 0.122. The lowest BCUT2D eigenvalue weighted by molar-refractivity contribution is -0.136. The number of aliphatic carboxylic acids is 1. The molecule has 0 aliphatic rings. The first kappa shape index (κ1) is 12.5. The Hall–Kier alpha value is -0.590. The van der Waals surface area contributed by atoms with Crippen LogP contribution in [0.15, 0.2) is 27.6 Å². The molecular formula is C8H6BrClO4S. The molecule has 1 N–H and O–H groups in total. The Kier molecular flexibility index (Phi) is 3.75. The van der Waals surface area contributed by atoms with Crippen molar-refractivity contribution in [3.05, 3.63) is 28.2 Å². The largest absolute Gasteiger partial charge is 0.481 e. The number of halogens is 2. The van der Waals surface area contributed by atoms with Gasteiger partial charge in [0.15, 0.2) is 0 Å². The summed E-state index contributed by atoms with van der Waals surface area (Å²) in [5.41, 5.74) is 0.380. The third-order valence-electron chi connectivity index (χ3n) is 1.61. The normalized spacial score (nSPS) is 11.3. The quantitative estimate of drug-likeness (QED) is 0.866. The Bertz CT molecular complexity index is 497. The first-order valence-corrected chi connectivity index (χ1v) is 6.86. The Morgan fingerprint density at radius 3 is 2.53 bits per heavy atom. The molecule has 4 nitrogen and oxygen atoms in total. The third-order valence-corrected chi connectivity index (χ3v) is 3.93. The van der Waals surface area contributed by atoms with Crippen LogP contribution in [0.1, 0.15) is 5.56 Å². The van der Waals surface area contributed by atoms with Crippen molar-refractivity contribution >= 4 is 41.6 Å². The van der Waals surface area contributed by atoms with Crippen LogP contribution in [-0.2, 0) is 20.3 Å². The van der Waals surface area contributed by atoms with Crippen molar-refractivity contribution in [3.8, 4) is 0 Å². The highest BCUT2D eigenvalue weighted by molar-refractivity contribution is 9.10. The second kappa shape index (κ2) is 4.51. The van der Waals surface area contributed by atoms with Gasteiger partial charge in [0, 0.05) is 15.2 Å². The molecule has 0 heterocycles. The van der Waals surface area contributed by atoms with Gasteiger partial charge in [-0.25, -0.2) is 8.42 Å². The summed E-state index contributed by atoms with van der Waals surface area (Å²) in [5.74, 6) is -1.03. The van der Waals surface area contributed by atoms with E-state index in [1.807, 2.05) is 0 Å². The molecule has 1 aromatic rings. The summed E-state index contributed by atoms with van der Waals surface area (Å²) < 4.78 is 22.5. The molecule has 0 amide bonds. The zero-order valence-corrected chi connectivity index (χ0v) is 10.4. The van der Waals surface area contributed by atoms with Crippen LogP contribution in [0.3, 0.4) is 0 Å². The topological polar surface area (TPSA) is 71.4 Å². The highest BCUT2D eigenvalue weighted by Gasteiger charge is 2.15. The van der Waals surface area contributed by atoms with Crippen LogP contribution < -0.4 is 0 Å². The lowest BCUT2D eigenvalue weighted by Crippen LogP contribution is -2.01. The number of carbonyl (C=O) groups is 1. The Balaban J connectivity index is 3.23. The SMILES string of the molecule is O=C(O)Cc1ccc(Br)c(S(=O)(=O)Cl)c1. The van der Waals surface area contributed by atoms with Gasteiger partial charge in [0.1, 0.15) is 0 Å². The molecule has 0 spiro atoms. The fraction of sp³-hybridized carbons (Fsp3) is 0.125. The number of benzene rings is 1. The number of hydrogen-bond acceptors (Lipinski definition) is 3. The zero-order chi connectivity index (χ0) is 11.6. The van der Waals surface area contributed by atoms with E-state index in [0.717, 1.165) is 0 Å². The number of hydrogen-bond donors (Lipinski definition) is 1. The highest BCUT2D eigenvalue weighted by atomic mass is 79.9. The highest BCUT2D eigenvalue weighted by Crippen LogP contribution is 2.26. The van der Waals surface area contributed by atoms with Crippen molar-refractivity contribution in [2.24, 2.45) is 0 Å². The van der Waals surface area contributed by atoms with Crippen LogP contribution in [0, 0.1) is 0 Å². The van der Waals surface area contributed by atoms with Gasteiger partial charge in [0.25, 0.3) is 9.05 Å². The van der Waals surface area contributed by atoms with E-state index in [4.69, 9.17) is 15.8 Å². The molecule has 0 atom stereocenters. The lowest BCUT2D eigenvalue weighted by Gasteiger charge is -2.03. The number of rotatable bonds is 3. The molecule has 0 saturated carbocycles. The monoisotopic (exact) mass is 312 g/mol. The summed E-state index contributed by atoms with van der Waals surface area (Å²) in [6, 6.07) is 4.21. The average Bonchev–Trinajstić information content (AvgIpc) is 2.05. The lowest BCUT2D eigenvalue weighted by atomic mass is 10.2. The minimum atomic E-state index is -3.86. The maximum atomic E-state index is 11.1. The molecule has 0 saturated heterocycles. The van der Waals surface area contributed by atoms with Crippen molar-refractivity contribution in [3.63, 3.8) is 0 Å². The van der Waals surface area contributed by atoms with Crippen molar-refractivity contribution < 1.29 is 18.3 Å². The van der Waals surface area contributed by atoms with Gasteiger partial charge >= 0.3 is 5.97 Å². The number of carboxylic acids is 1. The van der Waals surface area contributed by atoms with E-state index in [9.17, 15) is 13.2 Å². The van der Waals surface area contributed by atoms with E-state index in [2.05, 4.69) is 15.9 Å². The van der Waals surface area contributed by atoms with E-state index in [0.29, 0.717) is 10.0 Å². The van der Waals surface area contributed by atoms with Crippen LogP contribution in [0.25, 0.3) is 0 Å². The van der Waals surface area contributed by atoms with Crippen molar-refractivity contribution in [2.75, 3.05) is 0 Å². The molecule has 15 heavy (non-hydrogen) atoms. The maximum absolute atomic E-state index is 11.1. The van der Waals surface area contributed by atoms with Crippen LogP contribution in [0.2, 0.25) is 0 Å². The molecule has 82 valence electrons. The van der Waals surface area contributed by atoms with Crippen molar-refractivity contribution in [1.29, 1.82) is 0 Å². The Morgan fingerprint density at radius 1 is 1.47 bits per heavy atom. The van der Waals surface area contributed by atoms with E-state index in [-0.39, 0.29) is 11.3 Å². The molecule has 1 rings (SSSR count). The first-order valence-electron chi connectivity index (χ1n) is 3.75. The predicted octanol–water partition coefficient (Wildman–Crippen LogP) is 2.00. The van der Waals surface area contributed by atoms with Gasteiger partial charge < -0.3 is 5.11 Å². The minimum Gasteiger partial charge on any atom is -0.481 e. The Labute approximate surface area is 99.4 Å². The van der Waals surface area contributed by atoms with E-state index >= 15 is 0 Å². The van der Waals surface area contributed by atoms with Gasteiger partial charge in [-0.3, -0.25) is 4.79 Å². The maximum Gasteiger partial charge on any atom is 0.307 e. The molecule has 0 aliphatic heterocycles. The molecule has 0 aromatic heterocycles. The van der Waals surface area contributed by atoms with Crippen LogP contribution in [-0.4, -0.2) is 19.5 Å². The van der Waals surface area contributed by atoms with Gasteiger partial charge in [-0.05, 0) is 33.6 Å². The molecular weight excluding hydrogens is 308 g/mol. The summed E-state index contributed by atoms with van der Waals surface area (Å²) in [4.78, 5) is 10.3. The van der Waals surface area contributed by atoms with E-state index < -0.39 is 15.0 Å². The van der Waals surface area contributed by atoms with Gasteiger partial charge in [0.2, 0.25) is 0 Å². The second-order valence-electron chi connectivity index (χ2n) is 2.77. The van der Waals surface area contributed by atoms with E-state index in [1.165, 1.54) is 18.2 Å². The fourth-order valence-corrected chi connectivity index (χ4v) is 3.16.